The van der Waals surface area contributed by atoms with Crippen molar-refractivity contribution in [2.24, 2.45) is 0 Å². The molecule has 0 N–H and O–H groups in total. The number of aromatic nitrogens is 4. The first-order chi connectivity index (χ1) is 24.9. The standard InChI is InChI=1S/C39H42ClN9O2/c1-27-42-18-13-29(43-27)10-11-35(50)49-23-22-47(24-30(49)12-17-41)37-31-14-21-46(34-9-3-7-28-6-2-8-32(40)36(28)34)25-33(31)44-38(45-37)51-26-39-15-4-19-48(39)20-5-16-39/h2-3,6-11,13,18,30H,4-5,12,14-16,19-26H2,1H3/b11-10+/t30-/m0/s1. The first-order valence-electron chi connectivity index (χ1n) is 18.0. The van der Waals surface area contributed by atoms with Gasteiger partial charge in [-0.15, -0.1) is 0 Å². The van der Waals surface area contributed by atoms with E-state index in [2.05, 4.69) is 55.0 Å². The molecule has 262 valence electrons. The summed E-state index contributed by atoms with van der Waals surface area (Å²) < 4.78 is 6.57. The molecule has 0 bridgehead atoms. The third-order valence-electron chi connectivity index (χ3n) is 11.1. The molecule has 2 aromatic heterocycles. The second-order valence-corrected chi connectivity index (χ2v) is 14.5. The summed E-state index contributed by atoms with van der Waals surface area (Å²) in [4.78, 5) is 41.2. The number of nitrogens with zero attached hydrogens (tertiary/aromatic N) is 9. The van der Waals surface area contributed by atoms with E-state index in [1.807, 2.05) is 19.1 Å². The molecular formula is C39H42ClN9O2. The summed E-state index contributed by atoms with van der Waals surface area (Å²) in [5, 5.41) is 12.7. The van der Waals surface area contributed by atoms with Gasteiger partial charge in [0.25, 0.3) is 0 Å². The fourth-order valence-electron chi connectivity index (χ4n) is 8.56. The fourth-order valence-corrected chi connectivity index (χ4v) is 8.84. The quantitative estimate of drug-likeness (QED) is 0.215. The zero-order valence-corrected chi connectivity index (χ0v) is 29.7. The average molecular weight is 704 g/mol. The van der Waals surface area contributed by atoms with Gasteiger partial charge in [-0.3, -0.25) is 9.69 Å². The van der Waals surface area contributed by atoms with Gasteiger partial charge in [0.2, 0.25) is 5.91 Å². The normalized spacial score (nSPS) is 20.1. The number of nitriles is 1. The fraction of sp³-hybridized carbons (Fsp3) is 0.436. The molecule has 11 nitrogen and oxygen atoms in total. The Morgan fingerprint density at radius 2 is 1.86 bits per heavy atom. The molecule has 8 rings (SSSR count). The Morgan fingerprint density at radius 3 is 2.67 bits per heavy atom. The van der Waals surface area contributed by atoms with Gasteiger partial charge in [0.05, 0.1) is 47.0 Å². The summed E-state index contributed by atoms with van der Waals surface area (Å²) in [6.07, 6.45) is 10.6. The van der Waals surface area contributed by atoms with E-state index < -0.39 is 0 Å². The Bertz CT molecular complexity index is 2010. The van der Waals surface area contributed by atoms with Crippen LogP contribution in [-0.4, -0.2) is 93.1 Å². The molecule has 12 heteroatoms. The van der Waals surface area contributed by atoms with Crippen molar-refractivity contribution < 1.29 is 9.53 Å². The largest absolute Gasteiger partial charge is 0.461 e. The van der Waals surface area contributed by atoms with Gasteiger partial charge in [-0.25, -0.2) is 9.97 Å². The van der Waals surface area contributed by atoms with Crippen molar-refractivity contribution in [2.75, 3.05) is 55.7 Å². The van der Waals surface area contributed by atoms with Crippen LogP contribution in [0.1, 0.15) is 54.9 Å². The first kappa shape index (κ1) is 33.4. The van der Waals surface area contributed by atoms with Crippen LogP contribution in [0.5, 0.6) is 6.01 Å². The lowest BCUT2D eigenvalue weighted by atomic mass is 9.95. The molecule has 4 aromatic rings. The van der Waals surface area contributed by atoms with E-state index in [0.717, 1.165) is 77.5 Å². The van der Waals surface area contributed by atoms with Crippen molar-refractivity contribution in [2.45, 2.75) is 63.6 Å². The number of benzene rings is 2. The number of hydrogen-bond acceptors (Lipinski definition) is 10. The maximum Gasteiger partial charge on any atom is 0.318 e. The molecule has 4 aliphatic heterocycles. The van der Waals surface area contributed by atoms with Crippen molar-refractivity contribution >= 4 is 45.9 Å². The molecule has 0 unspecified atom stereocenters. The highest BCUT2D eigenvalue weighted by molar-refractivity contribution is 6.36. The van der Waals surface area contributed by atoms with Crippen LogP contribution in [0.4, 0.5) is 11.5 Å². The maximum atomic E-state index is 13.5. The van der Waals surface area contributed by atoms with Gasteiger partial charge >= 0.3 is 6.01 Å². The van der Waals surface area contributed by atoms with Gasteiger partial charge in [0.1, 0.15) is 18.2 Å². The molecular weight excluding hydrogens is 662 g/mol. The van der Waals surface area contributed by atoms with Crippen LogP contribution >= 0.6 is 11.6 Å². The molecule has 0 radical (unpaired) electrons. The molecule has 0 spiro atoms. The highest BCUT2D eigenvalue weighted by Gasteiger charge is 2.45. The van der Waals surface area contributed by atoms with Crippen LogP contribution < -0.4 is 14.5 Å². The average Bonchev–Trinajstić information content (AvgIpc) is 3.73. The number of anilines is 2. The summed E-state index contributed by atoms with van der Waals surface area (Å²) >= 11 is 6.77. The van der Waals surface area contributed by atoms with Crippen molar-refractivity contribution in [1.29, 1.82) is 5.26 Å². The minimum absolute atomic E-state index is 0.0625. The highest BCUT2D eigenvalue weighted by Crippen LogP contribution is 2.40. The van der Waals surface area contributed by atoms with Crippen LogP contribution in [-0.2, 0) is 17.8 Å². The highest BCUT2D eigenvalue weighted by atomic mass is 35.5. The van der Waals surface area contributed by atoms with Crippen LogP contribution in [0.2, 0.25) is 5.02 Å². The topological polar surface area (TPSA) is 115 Å². The van der Waals surface area contributed by atoms with Crippen molar-refractivity contribution in [1.82, 2.24) is 29.7 Å². The lowest BCUT2D eigenvalue weighted by molar-refractivity contribution is -0.128. The third kappa shape index (κ3) is 6.59. The molecule has 3 fully saturated rings. The molecule has 4 aliphatic rings. The molecule has 0 aliphatic carbocycles. The minimum atomic E-state index is -0.301. The number of rotatable bonds is 8. The number of amides is 1. The van der Waals surface area contributed by atoms with E-state index in [9.17, 15) is 10.1 Å². The summed E-state index contributed by atoms with van der Waals surface area (Å²) in [6, 6.07) is 16.5. The van der Waals surface area contributed by atoms with E-state index in [0.29, 0.717) is 50.3 Å². The van der Waals surface area contributed by atoms with Gasteiger partial charge in [-0.2, -0.15) is 15.2 Å². The molecule has 1 amide bonds. The number of fused-ring (bicyclic) bond motifs is 3. The summed E-state index contributed by atoms with van der Waals surface area (Å²) in [5.41, 5.74) is 3.86. The van der Waals surface area contributed by atoms with E-state index in [-0.39, 0.29) is 23.9 Å². The second-order valence-electron chi connectivity index (χ2n) is 14.1. The monoisotopic (exact) mass is 703 g/mol. The predicted octanol–water partition coefficient (Wildman–Crippen LogP) is 5.60. The van der Waals surface area contributed by atoms with Gasteiger partial charge in [0.15, 0.2) is 0 Å². The number of carbonyl (C=O) groups is 1. The number of hydrogen-bond donors (Lipinski definition) is 0. The number of ether oxygens (including phenoxy) is 1. The predicted molar refractivity (Wildman–Crippen MR) is 198 cm³/mol. The Kier molecular flexibility index (Phi) is 9.21. The number of carbonyl (C=O) groups excluding carboxylic acids is 1. The first-order valence-corrected chi connectivity index (χ1v) is 18.4. The van der Waals surface area contributed by atoms with E-state index >= 15 is 0 Å². The van der Waals surface area contributed by atoms with E-state index in [4.69, 9.17) is 26.3 Å². The summed E-state index contributed by atoms with van der Waals surface area (Å²) in [6.45, 7) is 7.55. The molecule has 0 saturated carbocycles. The Hall–Kier alpha value is -4.79. The van der Waals surface area contributed by atoms with Crippen LogP contribution in [0.15, 0.2) is 54.7 Å². The molecule has 2 aromatic carbocycles. The number of piperazine rings is 1. The van der Waals surface area contributed by atoms with Crippen molar-refractivity contribution in [3.05, 3.63) is 82.5 Å². The smallest absolute Gasteiger partial charge is 0.318 e. The summed E-state index contributed by atoms with van der Waals surface area (Å²) in [7, 11) is 0. The van der Waals surface area contributed by atoms with Gasteiger partial charge in [-0.1, -0.05) is 35.9 Å². The minimum Gasteiger partial charge on any atom is -0.461 e. The molecule has 6 heterocycles. The number of aryl methyl sites for hydroxylation is 1. The van der Waals surface area contributed by atoms with Gasteiger partial charge in [0, 0.05) is 55.1 Å². The van der Waals surface area contributed by atoms with Crippen LogP contribution in [0.25, 0.3) is 16.8 Å². The van der Waals surface area contributed by atoms with E-state index in [1.165, 1.54) is 12.8 Å². The Balaban J connectivity index is 1.09. The lowest BCUT2D eigenvalue weighted by Crippen LogP contribution is -2.55. The summed E-state index contributed by atoms with van der Waals surface area (Å²) in [5.74, 6) is 1.35. The van der Waals surface area contributed by atoms with Crippen molar-refractivity contribution in [3.8, 4) is 12.1 Å². The molecule has 1 atom stereocenters. The third-order valence-corrected chi connectivity index (χ3v) is 11.4. The lowest BCUT2D eigenvalue weighted by Gasteiger charge is -2.42. The zero-order chi connectivity index (χ0) is 35.0. The Morgan fingerprint density at radius 1 is 1.04 bits per heavy atom. The Labute approximate surface area is 303 Å². The maximum absolute atomic E-state index is 13.5. The van der Waals surface area contributed by atoms with E-state index in [1.54, 1.807) is 29.3 Å². The SMILES string of the molecule is Cc1nccc(/C=C/C(=O)N2CCN(c3nc(OCC45CCCN4CCC5)nc4c3CCN(c3cccc5cccc(Cl)c35)C4)C[C@@H]2CC#N)n1. The number of halogens is 1. The zero-order valence-electron chi connectivity index (χ0n) is 29.0. The van der Waals surface area contributed by atoms with Crippen LogP contribution in [0, 0.1) is 18.3 Å². The second kappa shape index (κ2) is 14.1. The van der Waals surface area contributed by atoms with Gasteiger partial charge in [-0.05, 0) is 81.8 Å². The molecule has 3 saturated heterocycles. The van der Waals surface area contributed by atoms with Crippen molar-refractivity contribution in [3.63, 3.8) is 0 Å². The van der Waals surface area contributed by atoms with Crippen LogP contribution in [0.3, 0.4) is 0 Å². The molecule has 51 heavy (non-hydrogen) atoms. The van der Waals surface area contributed by atoms with Gasteiger partial charge < -0.3 is 19.4 Å².